The van der Waals surface area contributed by atoms with Crippen LogP contribution in [0.1, 0.15) is 31.2 Å². The van der Waals surface area contributed by atoms with Crippen LogP contribution in [0.15, 0.2) is 86.1 Å². The third-order valence-corrected chi connectivity index (χ3v) is 7.68. The zero-order chi connectivity index (χ0) is 26.1. The quantitative estimate of drug-likeness (QED) is 0.230. The van der Waals surface area contributed by atoms with Crippen molar-refractivity contribution in [3.63, 3.8) is 0 Å². The van der Waals surface area contributed by atoms with Gasteiger partial charge >= 0.3 is 5.97 Å². The number of nitrogens with zero attached hydrogens (tertiary/aromatic N) is 2. The van der Waals surface area contributed by atoms with Gasteiger partial charge < -0.3 is 13.9 Å². The number of thiazole rings is 1. The van der Waals surface area contributed by atoms with Gasteiger partial charge in [0.25, 0.3) is 5.56 Å². The highest BCUT2D eigenvalue weighted by Gasteiger charge is 2.33. The molecule has 7 nitrogen and oxygen atoms in total. The Morgan fingerprint density at radius 3 is 2.54 bits per heavy atom. The monoisotopic (exact) mass is 626 g/mol. The summed E-state index contributed by atoms with van der Waals surface area (Å²) in [4.78, 5) is 31.8. The van der Waals surface area contributed by atoms with Gasteiger partial charge in [-0.15, -0.1) is 0 Å². The van der Waals surface area contributed by atoms with Crippen molar-refractivity contribution in [1.29, 1.82) is 0 Å². The molecule has 0 bridgehead atoms. The largest absolute Gasteiger partial charge is 0.497 e. The van der Waals surface area contributed by atoms with Crippen molar-refractivity contribution >= 4 is 46.0 Å². The molecular formula is C28H23IN2O5S. The minimum Gasteiger partial charge on any atom is -0.497 e. The van der Waals surface area contributed by atoms with Crippen LogP contribution in [-0.2, 0) is 9.53 Å². The van der Waals surface area contributed by atoms with E-state index in [4.69, 9.17) is 13.9 Å². The fourth-order valence-corrected chi connectivity index (χ4v) is 5.61. The molecule has 4 aromatic rings. The van der Waals surface area contributed by atoms with Crippen LogP contribution >= 0.6 is 33.9 Å². The average Bonchev–Trinajstić information content (AvgIpc) is 3.48. The fraction of sp³-hybridized carbons (Fsp3) is 0.179. The summed E-state index contributed by atoms with van der Waals surface area (Å²) in [6, 6.07) is 18.4. The standard InChI is InChI=1S/C28H23IN2O5S/c1-4-35-27(33)24-16(2)30-28-31(25(24)18-7-11-20(34-3)12-8-18)26(32)23(37-28)15-21-13-14-22(36-21)17-5-9-19(29)10-6-17/h5-15,25H,4H2,1-3H3. The van der Waals surface area contributed by atoms with Gasteiger partial charge in [-0.3, -0.25) is 9.36 Å². The van der Waals surface area contributed by atoms with E-state index in [0.717, 1.165) is 14.7 Å². The molecule has 9 heteroatoms. The van der Waals surface area contributed by atoms with E-state index in [2.05, 4.69) is 27.6 Å². The summed E-state index contributed by atoms with van der Waals surface area (Å²) in [6.07, 6.45) is 1.72. The van der Waals surface area contributed by atoms with Gasteiger partial charge in [0, 0.05) is 15.2 Å². The molecule has 5 rings (SSSR count). The molecule has 2 aromatic carbocycles. The van der Waals surface area contributed by atoms with Gasteiger partial charge in [-0.2, -0.15) is 0 Å². The maximum atomic E-state index is 13.7. The van der Waals surface area contributed by atoms with Gasteiger partial charge in [-0.05, 0) is 78.4 Å². The van der Waals surface area contributed by atoms with Crippen LogP contribution in [0.5, 0.6) is 5.75 Å². The molecule has 0 spiro atoms. The Hall–Kier alpha value is -3.44. The number of hydrogen-bond acceptors (Lipinski definition) is 7. The van der Waals surface area contributed by atoms with Crippen molar-refractivity contribution in [2.24, 2.45) is 4.99 Å². The molecule has 0 N–H and O–H groups in total. The summed E-state index contributed by atoms with van der Waals surface area (Å²) in [6.45, 7) is 3.73. The Morgan fingerprint density at radius 1 is 1.14 bits per heavy atom. The Labute approximate surface area is 230 Å². The first-order chi connectivity index (χ1) is 17.9. The minimum atomic E-state index is -0.678. The summed E-state index contributed by atoms with van der Waals surface area (Å²) in [7, 11) is 1.59. The topological polar surface area (TPSA) is 83.0 Å². The number of methoxy groups -OCH3 is 1. The predicted octanol–water partition coefficient (Wildman–Crippen LogP) is 4.67. The number of fused-ring (bicyclic) bond motifs is 1. The van der Waals surface area contributed by atoms with Crippen molar-refractivity contribution in [3.8, 4) is 17.1 Å². The fourth-order valence-electron chi connectivity index (χ4n) is 4.22. The van der Waals surface area contributed by atoms with E-state index in [-0.39, 0.29) is 12.2 Å². The van der Waals surface area contributed by atoms with E-state index in [0.29, 0.717) is 37.9 Å². The first-order valence-electron chi connectivity index (χ1n) is 11.6. The molecule has 37 heavy (non-hydrogen) atoms. The van der Waals surface area contributed by atoms with Crippen LogP contribution in [0.25, 0.3) is 17.4 Å². The van der Waals surface area contributed by atoms with Crippen molar-refractivity contribution in [2.75, 3.05) is 13.7 Å². The summed E-state index contributed by atoms with van der Waals surface area (Å²) in [5.74, 6) is 1.46. The molecule has 0 fully saturated rings. The number of esters is 1. The molecule has 188 valence electrons. The number of ether oxygens (including phenoxy) is 2. The second kappa shape index (κ2) is 10.5. The maximum absolute atomic E-state index is 13.7. The Bertz CT molecular complexity index is 1680. The molecule has 2 aromatic heterocycles. The van der Waals surface area contributed by atoms with Crippen molar-refractivity contribution < 1.29 is 18.7 Å². The number of benzene rings is 2. The second-order valence-corrected chi connectivity index (χ2v) is 10.5. The third kappa shape index (κ3) is 4.93. The first kappa shape index (κ1) is 25.2. The van der Waals surface area contributed by atoms with Gasteiger partial charge in [-0.25, -0.2) is 9.79 Å². The Morgan fingerprint density at radius 2 is 1.86 bits per heavy atom. The molecule has 0 amide bonds. The molecule has 1 atom stereocenters. The molecule has 0 radical (unpaired) electrons. The molecule has 0 saturated carbocycles. The number of aromatic nitrogens is 1. The lowest BCUT2D eigenvalue weighted by molar-refractivity contribution is -0.139. The van der Waals surface area contributed by atoms with Crippen LogP contribution < -0.4 is 19.6 Å². The van der Waals surface area contributed by atoms with Crippen molar-refractivity contribution in [1.82, 2.24) is 4.57 Å². The maximum Gasteiger partial charge on any atom is 0.338 e. The number of carbonyl (C=O) groups excluding carboxylic acids is 1. The summed E-state index contributed by atoms with van der Waals surface area (Å²) >= 11 is 3.51. The third-order valence-electron chi connectivity index (χ3n) is 5.98. The molecule has 1 aliphatic rings. The second-order valence-electron chi connectivity index (χ2n) is 8.28. The van der Waals surface area contributed by atoms with Gasteiger partial charge in [0.15, 0.2) is 4.80 Å². The van der Waals surface area contributed by atoms with Gasteiger partial charge in [0.05, 0.1) is 35.6 Å². The summed E-state index contributed by atoms with van der Waals surface area (Å²) in [5.41, 5.74) is 2.31. The Balaban J connectivity index is 1.62. The van der Waals surface area contributed by atoms with Crippen molar-refractivity contribution in [2.45, 2.75) is 19.9 Å². The minimum absolute atomic E-state index is 0.219. The van der Waals surface area contributed by atoms with Crippen LogP contribution in [0.4, 0.5) is 0 Å². The average molecular weight is 626 g/mol. The molecule has 0 saturated heterocycles. The normalized spacial score (nSPS) is 15.4. The van der Waals surface area contributed by atoms with Gasteiger partial charge in [0.2, 0.25) is 0 Å². The lowest BCUT2D eigenvalue weighted by Gasteiger charge is -2.24. The van der Waals surface area contributed by atoms with E-state index in [1.807, 2.05) is 48.5 Å². The molecule has 3 heterocycles. The molecular weight excluding hydrogens is 603 g/mol. The number of allylic oxidation sites excluding steroid dienone is 1. The van der Waals surface area contributed by atoms with Crippen LogP contribution in [0.3, 0.4) is 0 Å². The summed E-state index contributed by atoms with van der Waals surface area (Å²) in [5, 5.41) is 0. The number of rotatable bonds is 6. The van der Waals surface area contributed by atoms with Crippen molar-refractivity contribution in [3.05, 3.63) is 107 Å². The van der Waals surface area contributed by atoms with Crippen LogP contribution in [0.2, 0.25) is 0 Å². The number of halogens is 1. The van der Waals surface area contributed by atoms with Crippen LogP contribution in [0, 0.1) is 3.57 Å². The number of hydrogen-bond donors (Lipinski definition) is 0. The van der Waals surface area contributed by atoms with Crippen LogP contribution in [-0.4, -0.2) is 24.3 Å². The molecule has 0 aliphatic carbocycles. The van der Waals surface area contributed by atoms with E-state index < -0.39 is 12.0 Å². The Kier molecular flexibility index (Phi) is 7.16. The molecule has 1 aliphatic heterocycles. The predicted molar refractivity (Wildman–Crippen MR) is 150 cm³/mol. The van der Waals surface area contributed by atoms with E-state index >= 15 is 0 Å². The number of carbonyl (C=O) groups is 1. The van der Waals surface area contributed by atoms with E-state index in [1.54, 1.807) is 43.7 Å². The highest BCUT2D eigenvalue weighted by molar-refractivity contribution is 14.1. The highest BCUT2D eigenvalue weighted by Crippen LogP contribution is 2.31. The lowest BCUT2D eigenvalue weighted by Crippen LogP contribution is -2.39. The zero-order valence-corrected chi connectivity index (χ0v) is 23.3. The number of furan rings is 1. The first-order valence-corrected chi connectivity index (χ1v) is 13.5. The summed E-state index contributed by atoms with van der Waals surface area (Å²) < 4.78 is 19.8. The smallest absolute Gasteiger partial charge is 0.338 e. The van der Waals surface area contributed by atoms with E-state index in [9.17, 15) is 9.59 Å². The van der Waals surface area contributed by atoms with E-state index in [1.165, 1.54) is 11.3 Å². The van der Waals surface area contributed by atoms with Gasteiger partial charge in [-0.1, -0.05) is 35.6 Å². The van der Waals surface area contributed by atoms with Gasteiger partial charge in [0.1, 0.15) is 17.3 Å². The highest BCUT2D eigenvalue weighted by atomic mass is 127. The lowest BCUT2D eigenvalue weighted by atomic mass is 9.96. The zero-order valence-electron chi connectivity index (χ0n) is 20.4. The molecule has 1 unspecified atom stereocenters. The SMILES string of the molecule is CCOC(=O)C1=C(C)N=c2sc(=Cc3ccc(-c4ccc(I)cc4)o3)c(=O)n2C1c1ccc(OC)cc1.